The molecule has 1 aliphatic heterocycles. The number of rotatable bonds is 12. The van der Waals surface area contributed by atoms with Crippen LogP contribution in [0.4, 0.5) is 0 Å². The number of aromatic hydroxyl groups is 1. The maximum absolute atomic E-state index is 13.3. The van der Waals surface area contributed by atoms with Gasteiger partial charge in [0.2, 0.25) is 17.7 Å². The predicted molar refractivity (Wildman–Crippen MR) is 152 cm³/mol. The summed E-state index contributed by atoms with van der Waals surface area (Å²) in [5, 5.41) is 31.2. The number of aromatic nitrogens is 1. The maximum Gasteiger partial charge on any atom is 0.326 e. The van der Waals surface area contributed by atoms with Gasteiger partial charge in [-0.15, -0.1) is 0 Å². The number of para-hydroxylation sites is 1. The fourth-order valence-corrected chi connectivity index (χ4v) is 4.97. The van der Waals surface area contributed by atoms with Crippen molar-refractivity contribution in [2.75, 3.05) is 12.3 Å². The Kier molecular flexibility index (Phi) is 9.67. The number of carboxylic acid groups (broad SMARTS) is 1. The van der Waals surface area contributed by atoms with Crippen LogP contribution in [0.3, 0.4) is 0 Å². The Morgan fingerprint density at radius 1 is 0.925 bits per heavy atom. The lowest BCUT2D eigenvalue weighted by Crippen LogP contribution is -2.58. The van der Waals surface area contributed by atoms with Crippen LogP contribution in [0.5, 0.6) is 5.75 Å². The second kappa shape index (κ2) is 13.4. The van der Waals surface area contributed by atoms with E-state index in [1.165, 1.54) is 12.1 Å². The van der Waals surface area contributed by atoms with Crippen LogP contribution in [0.25, 0.3) is 10.9 Å². The number of fused-ring (bicyclic) bond motifs is 1. The Bertz CT molecular complexity index is 1350. The molecular formula is C28H33N5O6S. The zero-order valence-electron chi connectivity index (χ0n) is 21.7. The number of carboxylic acids is 1. The van der Waals surface area contributed by atoms with Crippen LogP contribution >= 0.6 is 12.6 Å². The number of nitrogens with one attached hydrogen (secondary N) is 5. The van der Waals surface area contributed by atoms with Crippen molar-refractivity contribution in [1.29, 1.82) is 0 Å². The van der Waals surface area contributed by atoms with E-state index in [1.54, 1.807) is 18.3 Å². The molecule has 40 heavy (non-hydrogen) atoms. The molecule has 1 fully saturated rings. The third-order valence-electron chi connectivity index (χ3n) is 6.92. The molecule has 0 spiro atoms. The topological polar surface area (TPSA) is 173 Å². The van der Waals surface area contributed by atoms with Gasteiger partial charge >= 0.3 is 5.97 Å². The number of aromatic amines is 1. The quantitative estimate of drug-likeness (QED) is 0.150. The Hall–Kier alpha value is -4.03. The molecule has 1 aliphatic rings. The first-order valence-corrected chi connectivity index (χ1v) is 13.7. The molecule has 212 valence electrons. The lowest BCUT2D eigenvalue weighted by molar-refractivity contribution is -0.142. The summed E-state index contributed by atoms with van der Waals surface area (Å²) in [4.78, 5) is 54.3. The first kappa shape index (κ1) is 29.0. The third-order valence-corrected chi connectivity index (χ3v) is 7.28. The monoisotopic (exact) mass is 567 g/mol. The van der Waals surface area contributed by atoms with E-state index in [4.69, 9.17) is 0 Å². The normalized spacial score (nSPS) is 17.1. The van der Waals surface area contributed by atoms with Gasteiger partial charge in [0, 0.05) is 35.7 Å². The molecule has 1 saturated heterocycles. The minimum atomic E-state index is -1.24. The molecule has 0 bridgehead atoms. The zero-order valence-corrected chi connectivity index (χ0v) is 22.6. The van der Waals surface area contributed by atoms with Crippen molar-refractivity contribution in [1.82, 2.24) is 26.3 Å². The molecule has 3 aromatic rings. The number of hydrogen-bond acceptors (Lipinski definition) is 7. The first-order valence-electron chi connectivity index (χ1n) is 13.1. The number of aliphatic carboxylic acids is 1. The van der Waals surface area contributed by atoms with Crippen LogP contribution in [0.15, 0.2) is 54.7 Å². The van der Waals surface area contributed by atoms with Gasteiger partial charge < -0.3 is 36.5 Å². The van der Waals surface area contributed by atoms with Crippen molar-refractivity contribution in [3.8, 4) is 5.75 Å². The molecule has 1 aromatic heterocycles. The lowest BCUT2D eigenvalue weighted by atomic mass is 10.0. The van der Waals surface area contributed by atoms with E-state index in [0.717, 1.165) is 22.9 Å². The summed E-state index contributed by atoms with van der Waals surface area (Å²) < 4.78 is 0. The molecule has 4 rings (SSSR count). The average molecular weight is 568 g/mol. The van der Waals surface area contributed by atoms with E-state index in [0.29, 0.717) is 18.5 Å². The molecule has 0 aliphatic carbocycles. The van der Waals surface area contributed by atoms with Crippen molar-refractivity contribution >= 4 is 47.2 Å². The van der Waals surface area contributed by atoms with E-state index in [9.17, 15) is 29.4 Å². The first-order chi connectivity index (χ1) is 19.2. The Morgan fingerprint density at radius 3 is 2.30 bits per heavy atom. The fraction of sp³-hybridized carbons (Fsp3) is 0.357. The summed E-state index contributed by atoms with van der Waals surface area (Å²) in [5.74, 6) is -2.89. The molecule has 11 nitrogen and oxygen atoms in total. The van der Waals surface area contributed by atoms with Crippen molar-refractivity contribution in [3.63, 3.8) is 0 Å². The molecule has 4 unspecified atom stereocenters. The highest BCUT2D eigenvalue weighted by atomic mass is 32.1. The van der Waals surface area contributed by atoms with Crippen molar-refractivity contribution in [3.05, 3.63) is 65.9 Å². The smallest absolute Gasteiger partial charge is 0.326 e. The number of benzene rings is 2. The van der Waals surface area contributed by atoms with Gasteiger partial charge in [-0.3, -0.25) is 14.4 Å². The van der Waals surface area contributed by atoms with Gasteiger partial charge in [0.15, 0.2) is 0 Å². The molecule has 12 heteroatoms. The Labute approximate surface area is 236 Å². The SMILES string of the molecule is O=C(O)C(Cc1c[nH]c2ccccc12)NC(=O)C(CS)NC(=O)C(Cc1ccc(O)cc1)NC(=O)C1CCCN1. The van der Waals surface area contributed by atoms with Crippen molar-refractivity contribution < 1.29 is 29.4 Å². The number of hydrogen-bond donors (Lipinski definition) is 8. The summed E-state index contributed by atoms with van der Waals surface area (Å²) in [6.45, 7) is 0.706. The van der Waals surface area contributed by atoms with Gasteiger partial charge in [-0.1, -0.05) is 30.3 Å². The Morgan fingerprint density at radius 2 is 1.62 bits per heavy atom. The van der Waals surface area contributed by atoms with Gasteiger partial charge in [0.1, 0.15) is 23.9 Å². The third kappa shape index (κ3) is 7.33. The van der Waals surface area contributed by atoms with Crippen LogP contribution in [0, 0.1) is 0 Å². The van der Waals surface area contributed by atoms with E-state index in [1.807, 2.05) is 24.3 Å². The van der Waals surface area contributed by atoms with Crippen LogP contribution in [-0.2, 0) is 32.0 Å². The molecule has 2 heterocycles. The largest absolute Gasteiger partial charge is 0.508 e. The van der Waals surface area contributed by atoms with Crippen LogP contribution in [0.2, 0.25) is 0 Å². The van der Waals surface area contributed by atoms with Gasteiger partial charge in [-0.25, -0.2) is 4.79 Å². The van der Waals surface area contributed by atoms with Gasteiger partial charge in [0.05, 0.1) is 6.04 Å². The molecule has 0 saturated carbocycles. The number of carbonyl (C=O) groups excluding carboxylic acids is 3. The minimum Gasteiger partial charge on any atom is -0.508 e. The van der Waals surface area contributed by atoms with Gasteiger partial charge in [0.25, 0.3) is 0 Å². The standard InChI is InChI=1S/C28H33N5O6S/c34-18-9-7-16(8-10-18)12-22(31-25(35)21-6-3-11-29-21)26(36)33-24(15-40)27(37)32-23(28(38)39)13-17-14-30-20-5-2-1-4-19(17)20/h1-2,4-5,7-10,14,21-24,29-30,34,40H,3,6,11-13,15H2,(H,31,35)(H,32,37)(H,33,36)(H,38,39). The second-order valence-electron chi connectivity index (χ2n) is 9.79. The number of H-pyrrole nitrogens is 1. The molecule has 4 atom stereocenters. The van der Waals surface area contributed by atoms with E-state index < -0.39 is 42.0 Å². The average Bonchev–Trinajstić information content (AvgIpc) is 3.63. The fourth-order valence-electron chi connectivity index (χ4n) is 4.72. The number of carbonyl (C=O) groups is 4. The summed E-state index contributed by atoms with van der Waals surface area (Å²) in [6.07, 6.45) is 3.35. The molecule has 7 N–H and O–H groups in total. The molecule has 0 radical (unpaired) electrons. The Balaban J connectivity index is 1.44. The minimum absolute atomic E-state index is 0.0340. The van der Waals surface area contributed by atoms with Crippen molar-refractivity contribution in [2.45, 2.75) is 49.9 Å². The zero-order chi connectivity index (χ0) is 28.6. The predicted octanol–water partition coefficient (Wildman–Crippen LogP) is 0.879. The molecule has 2 aromatic carbocycles. The summed E-state index contributed by atoms with van der Waals surface area (Å²) >= 11 is 4.21. The molecule has 3 amide bonds. The number of thiol groups is 1. The number of phenolic OH excluding ortho intramolecular Hbond substituents is 1. The van der Waals surface area contributed by atoms with E-state index >= 15 is 0 Å². The highest BCUT2D eigenvalue weighted by Crippen LogP contribution is 2.19. The highest BCUT2D eigenvalue weighted by Gasteiger charge is 2.31. The lowest BCUT2D eigenvalue weighted by Gasteiger charge is -2.24. The number of amides is 3. The summed E-state index contributed by atoms with van der Waals surface area (Å²) in [7, 11) is 0. The molecular weight excluding hydrogens is 534 g/mol. The van der Waals surface area contributed by atoms with Crippen LogP contribution in [0.1, 0.15) is 24.0 Å². The van der Waals surface area contributed by atoms with Crippen molar-refractivity contribution in [2.24, 2.45) is 0 Å². The van der Waals surface area contributed by atoms with E-state index in [2.05, 4.69) is 38.9 Å². The summed E-state index contributed by atoms with van der Waals surface area (Å²) in [6, 6.07) is 9.85. The summed E-state index contributed by atoms with van der Waals surface area (Å²) in [5.41, 5.74) is 2.27. The highest BCUT2D eigenvalue weighted by molar-refractivity contribution is 7.80. The maximum atomic E-state index is 13.3. The second-order valence-corrected chi connectivity index (χ2v) is 10.2. The van der Waals surface area contributed by atoms with Gasteiger partial charge in [-0.2, -0.15) is 12.6 Å². The number of phenols is 1. The van der Waals surface area contributed by atoms with Crippen LogP contribution < -0.4 is 21.3 Å². The van der Waals surface area contributed by atoms with E-state index in [-0.39, 0.29) is 30.3 Å². The van der Waals surface area contributed by atoms with Gasteiger partial charge in [-0.05, 0) is 48.7 Å². The van der Waals surface area contributed by atoms with Crippen LogP contribution in [-0.4, -0.2) is 75.4 Å².